The average Bonchev–Trinajstić information content (AvgIpc) is 2.54. The Labute approximate surface area is 125 Å². The number of benzene rings is 1. The number of hydrogen-bond donors (Lipinski definition) is 0. The number of rotatable bonds is 6. The van der Waals surface area contributed by atoms with Crippen LogP contribution in [-0.2, 0) is 13.0 Å². The van der Waals surface area contributed by atoms with E-state index in [-0.39, 0.29) is 0 Å². The zero-order chi connectivity index (χ0) is 15.2. The summed E-state index contributed by atoms with van der Waals surface area (Å²) >= 11 is 0. The standard InChI is InChI=1S/C16H21N3O2/c1-5-13-8-16(18-11-17-13)19(2)10-12-6-14(20-3)9-15(7-12)21-4/h6-9,11H,5,10H2,1-4H3. The molecule has 0 spiro atoms. The Balaban J connectivity index is 2.20. The van der Waals surface area contributed by atoms with Gasteiger partial charge >= 0.3 is 0 Å². The van der Waals surface area contributed by atoms with Crippen LogP contribution in [0.4, 0.5) is 5.82 Å². The van der Waals surface area contributed by atoms with Crippen molar-refractivity contribution in [3.63, 3.8) is 0 Å². The average molecular weight is 287 g/mol. The van der Waals surface area contributed by atoms with Crippen LogP contribution < -0.4 is 14.4 Å². The first-order chi connectivity index (χ1) is 10.2. The number of aryl methyl sites for hydroxylation is 1. The molecule has 5 heteroatoms. The van der Waals surface area contributed by atoms with E-state index in [0.29, 0.717) is 6.54 Å². The summed E-state index contributed by atoms with van der Waals surface area (Å²) in [5, 5.41) is 0. The zero-order valence-electron chi connectivity index (χ0n) is 13.0. The van der Waals surface area contributed by atoms with Crippen molar-refractivity contribution >= 4 is 5.82 Å². The lowest BCUT2D eigenvalue weighted by molar-refractivity contribution is 0.393. The largest absolute Gasteiger partial charge is 0.497 e. The fourth-order valence-corrected chi connectivity index (χ4v) is 2.10. The molecule has 1 aromatic heterocycles. The van der Waals surface area contributed by atoms with Crippen molar-refractivity contribution < 1.29 is 9.47 Å². The third-order valence-electron chi connectivity index (χ3n) is 3.29. The van der Waals surface area contributed by atoms with Crippen LogP contribution in [0.25, 0.3) is 0 Å². The van der Waals surface area contributed by atoms with Crippen LogP contribution in [0.2, 0.25) is 0 Å². The first-order valence-electron chi connectivity index (χ1n) is 6.90. The highest BCUT2D eigenvalue weighted by atomic mass is 16.5. The Bertz CT molecular complexity index is 580. The highest BCUT2D eigenvalue weighted by molar-refractivity contribution is 5.43. The predicted molar refractivity (Wildman–Crippen MR) is 83.1 cm³/mol. The first-order valence-corrected chi connectivity index (χ1v) is 6.90. The lowest BCUT2D eigenvalue weighted by atomic mass is 10.2. The van der Waals surface area contributed by atoms with E-state index in [1.54, 1.807) is 20.5 Å². The quantitative estimate of drug-likeness (QED) is 0.817. The van der Waals surface area contributed by atoms with E-state index >= 15 is 0 Å². The van der Waals surface area contributed by atoms with Gasteiger partial charge in [0.15, 0.2) is 0 Å². The Kier molecular flexibility index (Phi) is 4.98. The lowest BCUT2D eigenvalue weighted by Crippen LogP contribution is -2.18. The summed E-state index contributed by atoms with van der Waals surface area (Å²) in [5.74, 6) is 2.48. The highest BCUT2D eigenvalue weighted by Crippen LogP contribution is 2.24. The number of anilines is 1. The Hall–Kier alpha value is -2.30. The molecular formula is C16H21N3O2. The van der Waals surface area contributed by atoms with E-state index in [1.165, 1.54) is 0 Å². The van der Waals surface area contributed by atoms with Gasteiger partial charge in [0, 0.05) is 31.4 Å². The van der Waals surface area contributed by atoms with Crippen molar-refractivity contribution in [2.45, 2.75) is 19.9 Å². The second-order valence-corrected chi connectivity index (χ2v) is 4.80. The minimum Gasteiger partial charge on any atom is -0.497 e. The van der Waals surface area contributed by atoms with Gasteiger partial charge in [0.2, 0.25) is 0 Å². The summed E-state index contributed by atoms with van der Waals surface area (Å²) in [5.41, 5.74) is 2.14. The van der Waals surface area contributed by atoms with Crippen LogP contribution >= 0.6 is 0 Å². The molecule has 0 aliphatic rings. The molecule has 1 aromatic carbocycles. The topological polar surface area (TPSA) is 47.5 Å². The van der Waals surface area contributed by atoms with Gasteiger partial charge in [-0.1, -0.05) is 6.92 Å². The van der Waals surface area contributed by atoms with E-state index in [1.807, 2.05) is 31.3 Å². The normalized spacial score (nSPS) is 10.3. The maximum atomic E-state index is 5.30. The highest BCUT2D eigenvalue weighted by Gasteiger charge is 2.08. The van der Waals surface area contributed by atoms with Crippen molar-refractivity contribution in [3.05, 3.63) is 41.9 Å². The van der Waals surface area contributed by atoms with E-state index < -0.39 is 0 Å². The fourth-order valence-electron chi connectivity index (χ4n) is 2.10. The monoisotopic (exact) mass is 287 g/mol. The molecule has 1 heterocycles. The van der Waals surface area contributed by atoms with Crippen molar-refractivity contribution in [2.75, 3.05) is 26.2 Å². The van der Waals surface area contributed by atoms with Crippen molar-refractivity contribution in [1.29, 1.82) is 0 Å². The van der Waals surface area contributed by atoms with Gasteiger partial charge in [-0.3, -0.25) is 0 Å². The van der Waals surface area contributed by atoms with Gasteiger partial charge in [-0.25, -0.2) is 9.97 Å². The van der Waals surface area contributed by atoms with Crippen LogP contribution in [0, 0.1) is 0 Å². The molecule has 2 aromatic rings. The maximum Gasteiger partial charge on any atom is 0.132 e. The smallest absolute Gasteiger partial charge is 0.132 e. The third kappa shape index (κ3) is 3.84. The molecule has 0 saturated carbocycles. The second kappa shape index (κ2) is 6.92. The molecule has 0 unspecified atom stereocenters. The van der Waals surface area contributed by atoms with Crippen molar-refractivity contribution in [3.8, 4) is 11.5 Å². The molecule has 0 radical (unpaired) electrons. The van der Waals surface area contributed by atoms with Gasteiger partial charge in [0.1, 0.15) is 23.6 Å². The van der Waals surface area contributed by atoms with Crippen LogP contribution in [0.5, 0.6) is 11.5 Å². The molecule has 0 amide bonds. The Morgan fingerprint density at radius 2 is 1.67 bits per heavy atom. The number of methoxy groups -OCH3 is 2. The molecule has 0 fully saturated rings. The summed E-state index contributed by atoms with van der Waals surface area (Å²) in [6.07, 6.45) is 2.51. The van der Waals surface area contributed by atoms with E-state index in [4.69, 9.17) is 9.47 Å². The summed E-state index contributed by atoms with van der Waals surface area (Å²) in [6.45, 7) is 2.80. The molecule has 0 aliphatic carbocycles. The lowest BCUT2D eigenvalue weighted by Gasteiger charge is -2.19. The number of ether oxygens (including phenoxy) is 2. The fraction of sp³-hybridized carbons (Fsp3) is 0.375. The Morgan fingerprint density at radius 1 is 1.00 bits per heavy atom. The van der Waals surface area contributed by atoms with Crippen molar-refractivity contribution in [1.82, 2.24) is 9.97 Å². The van der Waals surface area contributed by atoms with Crippen LogP contribution in [0.1, 0.15) is 18.2 Å². The van der Waals surface area contributed by atoms with Gasteiger partial charge < -0.3 is 14.4 Å². The molecule has 0 N–H and O–H groups in total. The SMILES string of the molecule is CCc1cc(N(C)Cc2cc(OC)cc(OC)c2)ncn1. The molecule has 0 atom stereocenters. The van der Waals surface area contributed by atoms with Gasteiger partial charge in [-0.2, -0.15) is 0 Å². The maximum absolute atomic E-state index is 5.30. The van der Waals surface area contributed by atoms with E-state index in [0.717, 1.165) is 35.0 Å². The van der Waals surface area contributed by atoms with Gasteiger partial charge in [-0.05, 0) is 24.1 Å². The molecule has 21 heavy (non-hydrogen) atoms. The minimum absolute atomic E-state index is 0.716. The molecule has 0 saturated heterocycles. The van der Waals surface area contributed by atoms with Crippen LogP contribution in [0.15, 0.2) is 30.6 Å². The van der Waals surface area contributed by atoms with Crippen molar-refractivity contribution in [2.24, 2.45) is 0 Å². The van der Waals surface area contributed by atoms with Gasteiger partial charge in [0.25, 0.3) is 0 Å². The van der Waals surface area contributed by atoms with E-state index in [2.05, 4.69) is 21.8 Å². The summed E-state index contributed by atoms with van der Waals surface area (Å²) in [6, 6.07) is 7.88. The predicted octanol–water partition coefficient (Wildman–Crippen LogP) is 2.69. The summed E-state index contributed by atoms with van der Waals surface area (Å²) < 4.78 is 10.6. The molecule has 0 aliphatic heterocycles. The zero-order valence-corrected chi connectivity index (χ0v) is 13.0. The molecular weight excluding hydrogens is 266 g/mol. The molecule has 0 bridgehead atoms. The minimum atomic E-state index is 0.716. The van der Waals surface area contributed by atoms with Gasteiger partial charge in [-0.15, -0.1) is 0 Å². The van der Waals surface area contributed by atoms with Crippen LogP contribution in [-0.4, -0.2) is 31.2 Å². The van der Waals surface area contributed by atoms with Gasteiger partial charge in [0.05, 0.1) is 14.2 Å². The Morgan fingerprint density at radius 3 is 2.24 bits per heavy atom. The molecule has 2 rings (SSSR count). The number of hydrogen-bond acceptors (Lipinski definition) is 5. The third-order valence-corrected chi connectivity index (χ3v) is 3.29. The summed E-state index contributed by atoms with van der Waals surface area (Å²) in [4.78, 5) is 10.6. The van der Waals surface area contributed by atoms with Crippen LogP contribution in [0.3, 0.4) is 0 Å². The first kappa shape index (κ1) is 15.1. The second-order valence-electron chi connectivity index (χ2n) is 4.80. The van der Waals surface area contributed by atoms with E-state index in [9.17, 15) is 0 Å². The number of aromatic nitrogens is 2. The molecule has 5 nitrogen and oxygen atoms in total. The number of nitrogens with zero attached hydrogens (tertiary/aromatic N) is 3. The molecule has 112 valence electrons. The summed E-state index contributed by atoms with van der Waals surface area (Å²) in [7, 11) is 5.31.